The summed E-state index contributed by atoms with van der Waals surface area (Å²) < 4.78 is 0. The first-order chi connectivity index (χ1) is 42.2. The summed E-state index contributed by atoms with van der Waals surface area (Å²) in [5, 5.41) is 18.5. The number of carbonyl (C=O) groups excluding carboxylic acids is 8. The number of benzene rings is 4. The van der Waals surface area contributed by atoms with E-state index in [0.29, 0.717) is 85.0 Å². The molecule has 4 unspecified atom stereocenters. The number of nitrogens with one attached hydrogen (secondary N) is 4. The van der Waals surface area contributed by atoms with Gasteiger partial charge in [0.1, 0.15) is 0 Å². The summed E-state index contributed by atoms with van der Waals surface area (Å²) in [4.78, 5) is 101. The molecule has 0 spiro atoms. The molecule has 4 N–H and O–H groups in total. The number of nitrogens with zero attached hydrogens (tertiary/aromatic N) is 5. The van der Waals surface area contributed by atoms with Crippen LogP contribution < -0.4 is 21.3 Å². The van der Waals surface area contributed by atoms with Gasteiger partial charge in [-0.05, 0) is 140 Å². The monoisotopic (exact) mass is 1590 g/mol. The number of hydrogen-bond donors (Lipinski definition) is 4. The smallest absolute Gasteiger partial charge is 0.684 e. The van der Waals surface area contributed by atoms with Crippen molar-refractivity contribution < 1.29 is 80.5 Å². The van der Waals surface area contributed by atoms with E-state index >= 15 is 0 Å². The van der Waals surface area contributed by atoms with Gasteiger partial charge in [0.05, 0.1) is 12.1 Å². The topological polar surface area (TPSA) is 223 Å². The second kappa shape index (κ2) is 47.2. The van der Waals surface area contributed by atoms with E-state index in [1.54, 1.807) is 97.1 Å². The summed E-state index contributed by atoms with van der Waals surface area (Å²) in [6.07, 6.45) is 8.90. The third-order valence-corrected chi connectivity index (χ3v) is 14.7. The van der Waals surface area contributed by atoms with Crippen LogP contribution >= 0.6 is 0 Å². The number of likely N-dealkylation sites (tertiary alicyclic amines) is 1. The van der Waals surface area contributed by atoms with E-state index in [0.717, 1.165) is 29.9 Å². The molecule has 4 aromatic carbocycles. The Morgan fingerprint density at radius 3 is 1.11 bits per heavy atom. The predicted octanol–water partition coefficient (Wildman–Crippen LogP) is 11.7. The molecule has 6 amide bonds. The van der Waals surface area contributed by atoms with E-state index in [2.05, 4.69) is 113 Å². The zero-order valence-electron chi connectivity index (χ0n) is 54.2. The summed E-state index contributed by atoms with van der Waals surface area (Å²) in [5.41, 5.74) is 5.21. The normalized spacial score (nSPS) is 19.6. The van der Waals surface area contributed by atoms with Crippen LogP contribution in [-0.4, -0.2) is 146 Å². The summed E-state index contributed by atoms with van der Waals surface area (Å²) in [6.45, 7) is 32.8. The maximum absolute atomic E-state index is 11.9. The number of amides is 6. The number of carbonyl (C=O) groups is 8. The van der Waals surface area contributed by atoms with Crippen LogP contribution in [0.4, 0.5) is 0 Å². The van der Waals surface area contributed by atoms with Gasteiger partial charge in [0, 0.05) is 61.5 Å². The molecular formula is C72H99N9O8W2. The molecule has 6 fully saturated rings. The number of likely N-dealkylation sites (N-methyl/N-ethyl adjacent to an activating group) is 2. The average Bonchev–Trinajstić information content (AvgIpc) is 3.14. The Hall–Kier alpha value is -6.74. The molecule has 0 radical (unpaired) electrons. The molecule has 17 nitrogen and oxygen atoms in total. The number of piperidine rings is 3. The Morgan fingerprint density at radius 2 is 0.813 bits per heavy atom. The molecule has 4 atom stereocenters. The summed E-state index contributed by atoms with van der Waals surface area (Å²) >= 11 is 0. The second-order valence-corrected chi connectivity index (χ2v) is 22.0. The zero-order valence-corrected chi connectivity index (χ0v) is 60.0. The van der Waals surface area contributed by atoms with Crippen molar-refractivity contribution in [3.05, 3.63) is 203 Å². The van der Waals surface area contributed by atoms with E-state index in [9.17, 15) is 38.4 Å². The van der Waals surface area contributed by atoms with Crippen molar-refractivity contribution in [3.8, 4) is 0 Å². The summed E-state index contributed by atoms with van der Waals surface area (Å²) in [5.74, 6) is -0.595. The SMILES string of the molecule is C.C=C1CCC(NC(=O)c2ccccc2)C(=O)C1.C=C1CCC(NC(=O)c2ccccc2)C(=O)C1.C=C1CCC([N-]C(=O)c2[c-]cccc2)C(=O)N1.C=C1CCC([N-]C(=O)c2[c-]cccc2)C(=O)N1.CC.CC.CC1CCN(C)CC1.CN1CCN(C)CC1.[W+2].[W+2]. The van der Waals surface area contributed by atoms with Crippen LogP contribution in [0.1, 0.15) is 161 Å². The largest absolute Gasteiger partial charge is 2.00 e. The maximum atomic E-state index is 11.9. The van der Waals surface area contributed by atoms with Gasteiger partial charge in [-0.1, -0.05) is 129 Å². The first-order valence-corrected chi connectivity index (χ1v) is 30.8. The van der Waals surface area contributed by atoms with Crippen LogP contribution in [0.2, 0.25) is 0 Å². The molecule has 4 aromatic rings. The number of Topliss-reactive ketones (excluding diaryl/α,β-unsaturated/α-hetero) is 2. The van der Waals surface area contributed by atoms with Gasteiger partial charge in [-0.3, -0.25) is 28.8 Å². The number of hydrogen-bond acceptors (Lipinski definition) is 11. The molecular weight excluding hydrogens is 1490 g/mol. The van der Waals surface area contributed by atoms with E-state index in [-0.39, 0.29) is 96.8 Å². The van der Waals surface area contributed by atoms with E-state index in [1.165, 1.54) is 52.1 Å². The van der Waals surface area contributed by atoms with Crippen molar-refractivity contribution in [2.24, 2.45) is 5.92 Å². The van der Waals surface area contributed by atoms with Crippen molar-refractivity contribution in [1.82, 2.24) is 36.0 Å². The molecule has 91 heavy (non-hydrogen) atoms. The van der Waals surface area contributed by atoms with Crippen LogP contribution in [0.5, 0.6) is 0 Å². The first-order valence-electron chi connectivity index (χ1n) is 30.8. The summed E-state index contributed by atoms with van der Waals surface area (Å²) in [6, 6.07) is 35.1. The van der Waals surface area contributed by atoms with Crippen molar-refractivity contribution in [2.45, 2.75) is 143 Å². The number of piperazine rings is 1. The van der Waals surface area contributed by atoms with Gasteiger partial charge in [-0.25, -0.2) is 0 Å². The average molecular weight is 1590 g/mol. The van der Waals surface area contributed by atoms with Gasteiger partial charge in [0.2, 0.25) is 11.8 Å². The van der Waals surface area contributed by atoms with Crippen LogP contribution in [0.15, 0.2) is 158 Å². The van der Waals surface area contributed by atoms with Gasteiger partial charge in [-0.15, -0.1) is 71.8 Å². The van der Waals surface area contributed by atoms with Gasteiger partial charge < -0.3 is 56.2 Å². The molecule has 6 aliphatic rings. The second-order valence-electron chi connectivity index (χ2n) is 22.0. The molecule has 10 rings (SSSR count). The molecule has 492 valence electrons. The van der Waals surface area contributed by atoms with Crippen molar-refractivity contribution >= 4 is 47.0 Å². The van der Waals surface area contributed by atoms with E-state index < -0.39 is 23.9 Å². The minimum absolute atomic E-state index is 0. The van der Waals surface area contributed by atoms with Crippen LogP contribution in [0, 0.1) is 18.1 Å². The summed E-state index contributed by atoms with van der Waals surface area (Å²) in [7, 11) is 6.55. The minimum Gasteiger partial charge on any atom is -0.684 e. The van der Waals surface area contributed by atoms with Crippen LogP contribution in [0.25, 0.3) is 10.6 Å². The van der Waals surface area contributed by atoms with Crippen molar-refractivity contribution in [1.29, 1.82) is 0 Å². The number of allylic oxidation sites excluding steroid dienone is 4. The molecule has 19 heteroatoms. The van der Waals surface area contributed by atoms with E-state index in [1.807, 2.05) is 39.8 Å². The molecule has 4 aliphatic heterocycles. The first kappa shape index (κ1) is 84.3. The molecule has 0 bridgehead atoms. The fourth-order valence-corrected chi connectivity index (χ4v) is 9.19. The Morgan fingerprint density at radius 1 is 0.484 bits per heavy atom. The molecule has 2 saturated carbocycles. The Kier molecular flexibility index (Phi) is 43.7. The molecule has 0 aromatic heterocycles. The van der Waals surface area contributed by atoms with E-state index in [4.69, 9.17) is 0 Å². The third kappa shape index (κ3) is 32.9. The fourth-order valence-electron chi connectivity index (χ4n) is 9.19. The Bertz CT molecular complexity index is 2490. The molecule has 2 aliphatic carbocycles. The third-order valence-electron chi connectivity index (χ3n) is 14.7. The Labute approximate surface area is 572 Å². The van der Waals surface area contributed by atoms with Gasteiger partial charge in [-0.2, -0.15) is 0 Å². The van der Waals surface area contributed by atoms with Crippen LogP contribution in [-0.2, 0) is 61.3 Å². The predicted molar refractivity (Wildman–Crippen MR) is 358 cm³/mol. The fraction of sp³-hybridized carbons (Fsp3) is 0.444. The maximum Gasteiger partial charge on any atom is 2.00 e. The van der Waals surface area contributed by atoms with Crippen molar-refractivity contribution in [3.63, 3.8) is 0 Å². The van der Waals surface area contributed by atoms with Gasteiger partial charge in [0.25, 0.3) is 11.8 Å². The quantitative estimate of drug-likeness (QED) is 0.0959. The van der Waals surface area contributed by atoms with Crippen molar-refractivity contribution in [2.75, 3.05) is 60.4 Å². The minimum atomic E-state index is -0.610. The van der Waals surface area contributed by atoms with Gasteiger partial charge >= 0.3 is 42.1 Å². The van der Waals surface area contributed by atoms with Crippen LogP contribution in [0.3, 0.4) is 0 Å². The standard InChI is InChI=1S/2C14H15NO2.2C13H13N2O2.C7H15N.C6H14N2.2C2H6.CH4.2W/c2*1-10-7-8-12(13(16)9-10)15-14(17)11-5-3-2-4-6-11;2*1-9-7-8-11(13(17)14-9)15-12(16)10-5-3-2-4-6-10;2*1-7-3-5-8(2)6-4-7;2*1-2;;;/h2*2-6,12H,1,7-9H2,(H,15,17);2*2-5,11H,1,7-8H2,(H2,14,15,16,17);7H,3-6H2,1-2H3;3-6H2,1-2H3;2*1-2H3;1H4;;/q;;2*-1;;;;;;2*+2/p-2. The Balaban J connectivity index is 0.00000107. The van der Waals surface area contributed by atoms with Gasteiger partial charge in [0.15, 0.2) is 11.6 Å². The number of ketones is 2. The molecule has 4 saturated heterocycles. The molecule has 4 heterocycles. The number of rotatable bonds is 8. The zero-order chi connectivity index (χ0) is 65.0.